The Morgan fingerprint density at radius 2 is 1.93 bits per heavy atom. The van der Waals surface area contributed by atoms with Crippen LogP contribution in [0.25, 0.3) is 0 Å². The van der Waals surface area contributed by atoms with Gasteiger partial charge in [0.25, 0.3) is 0 Å². The second kappa shape index (κ2) is 13.7. The number of aliphatic imine (C=N–C) groups is 1. The van der Waals surface area contributed by atoms with Crippen molar-refractivity contribution in [1.29, 1.82) is 0 Å². The number of pyridine rings is 1. The Kier molecular flexibility index (Phi) is 12.0. The molecule has 5 nitrogen and oxygen atoms in total. The van der Waals surface area contributed by atoms with Gasteiger partial charge in [0.05, 0.1) is 6.61 Å². The normalized spacial score (nSPS) is 11.0. The van der Waals surface area contributed by atoms with E-state index in [0.717, 1.165) is 37.5 Å². The number of rotatable bonds is 9. The van der Waals surface area contributed by atoms with Crippen LogP contribution in [0, 0.1) is 0 Å². The Hall–Kier alpha value is -1.38. The van der Waals surface area contributed by atoms with Gasteiger partial charge in [-0.25, -0.2) is 4.98 Å². The molecule has 7 heteroatoms. The molecule has 0 amide bonds. The summed E-state index contributed by atoms with van der Waals surface area (Å²) in [5.74, 6) is 0.774. The monoisotopic (exact) mass is 502 g/mol. The minimum absolute atomic E-state index is 0. The van der Waals surface area contributed by atoms with Crippen LogP contribution in [0.3, 0.4) is 0 Å². The highest BCUT2D eigenvalue weighted by Crippen LogP contribution is 2.10. The van der Waals surface area contributed by atoms with Crippen molar-refractivity contribution in [2.75, 3.05) is 20.2 Å². The first kappa shape index (κ1) is 23.7. The highest BCUT2D eigenvalue weighted by Gasteiger charge is 2.04. The number of nitrogens with zero attached hydrogens (tertiary/aromatic N) is 2. The molecule has 1 aromatic heterocycles. The van der Waals surface area contributed by atoms with Crippen LogP contribution in [0.5, 0.6) is 0 Å². The summed E-state index contributed by atoms with van der Waals surface area (Å²) in [7, 11) is 1.77. The van der Waals surface area contributed by atoms with Crippen LogP contribution in [-0.2, 0) is 24.3 Å². The fourth-order valence-electron chi connectivity index (χ4n) is 2.48. The fraction of sp³-hybridized carbons (Fsp3) is 0.400. The van der Waals surface area contributed by atoms with Gasteiger partial charge in [0.15, 0.2) is 5.96 Å². The lowest BCUT2D eigenvalue weighted by atomic mass is 10.1. The maximum atomic E-state index is 5.81. The smallest absolute Gasteiger partial charge is 0.191 e. The molecular weight excluding hydrogens is 475 g/mol. The minimum atomic E-state index is 0. The maximum absolute atomic E-state index is 5.81. The van der Waals surface area contributed by atoms with Crippen molar-refractivity contribution >= 4 is 41.5 Å². The molecule has 0 fully saturated rings. The lowest BCUT2D eigenvalue weighted by molar-refractivity contribution is 0.121. The average molecular weight is 503 g/mol. The van der Waals surface area contributed by atoms with E-state index in [2.05, 4.69) is 39.7 Å². The van der Waals surface area contributed by atoms with Gasteiger partial charge in [-0.15, -0.1) is 24.0 Å². The lowest BCUT2D eigenvalue weighted by Gasteiger charge is -2.14. The molecule has 27 heavy (non-hydrogen) atoms. The van der Waals surface area contributed by atoms with Crippen molar-refractivity contribution < 1.29 is 4.74 Å². The first-order valence-corrected chi connectivity index (χ1v) is 9.30. The molecule has 2 rings (SSSR count). The molecule has 0 aliphatic carbocycles. The molecular formula is C20H28ClIN4O. The molecule has 0 saturated carbocycles. The molecule has 0 bridgehead atoms. The number of guanidine groups is 1. The first-order chi connectivity index (χ1) is 12.7. The van der Waals surface area contributed by atoms with E-state index in [1.807, 2.05) is 24.3 Å². The van der Waals surface area contributed by atoms with Crippen LogP contribution >= 0.6 is 35.6 Å². The summed E-state index contributed by atoms with van der Waals surface area (Å²) in [6, 6.07) is 12.1. The topological polar surface area (TPSA) is 58.5 Å². The van der Waals surface area contributed by atoms with Crippen LogP contribution in [-0.4, -0.2) is 31.1 Å². The summed E-state index contributed by atoms with van der Waals surface area (Å²) in [6.45, 7) is 5.01. The predicted molar refractivity (Wildman–Crippen MR) is 123 cm³/mol. The van der Waals surface area contributed by atoms with Crippen molar-refractivity contribution in [3.05, 3.63) is 64.4 Å². The van der Waals surface area contributed by atoms with Gasteiger partial charge >= 0.3 is 0 Å². The number of aromatic nitrogens is 1. The Morgan fingerprint density at radius 3 is 2.59 bits per heavy atom. The quantitative estimate of drug-likeness (QED) is 0.178. The van der Waals surface area contributed by atoms with Crippen molar-refractivity contribution in [1.82, 2.24) is 15.6 Å². The number of nitrogens with one attached hydrogen (secondary N) is 2. The van der Waals surface area contributed by atoms with Gasteiger partial charge in [0.1, 0.15) is 5.15 Å². The second-order valence-electron chi connectivity index (χ2n) is 5.91. The molecule has 0 aliphatic heterocycles. The van der Waals surface area contributed by atoms with Gasteiger partial charge in [-0.05, 0) is 35.6 Å². The number of benzene rings is 1. The van der Waals surface area contributed by atoms with E-state index >= 15 is 0 Å². The molecule has 0 spiro atoms. The van der Waals surface area contributed by atoms with Crippen LogP contribution in [0.2, 0.25) is 5.15 Å². The van der Waals surface area contributed by atoms with Gasteiger partial charge in [-0.2, -0.15) is 0 Å². The number of halogens is 2. The van der Waals surface area contributed by atoms with Gasteiger partial charge in [-0.1, -0.05) is 48.9 Å². The van der Waals surface area contributed by atoms with E-state index < -0.39 is 0 Å². The van der Waals surface area contributed by atoms with Crippen LogP contribution in [0.15, 0.2) is 47.6 Å². The van der Waals surface area contributed by atoms with Crippen molar-refractivity contribution in [2.24, 2.45) is 4.99 Å². The summed E-state index contributed by atoms with van der Waals surface area (Å²) in [4.78, 5) is 8.37. The zero-order valence-corrected chi connectivity index (χ0v) is 19.0. The standard InChI is InChI=1S/C20H27ClN4O.HI/c1-3-12-26-15-18-7-5-4-6-17(18)14-25-20(22-2)23-11-10-16-8-9-19(21)24-13-16;/h4-9,13H,3,10-12,14-15H2,1-2H3,(H2,22,23,25);1H. The highest BCUT2D eigenvalue weighted by atomic mass is 127. The molecule has 148 valence electrons. The second-order valence-corrected chi connectivity index (χ2v) is 6.30. The Balaban J connectivity index is 0.00000364. The van der Waals surface area contributed by atoms with Crippen LogP contribution < -0.4 is 10.6 Å². The fourth-order valence-corrected chi connectivity index (χ4v) is 2.59. The maximum Gasteiger partial charge on any atom is 0.191 e. The van der Waals surface area contributed by atoms with E-state index in [4.69, 9.17) is 16.3 Å². The average Bonchev–Trinajstić information content (AvgIpc) is 2.67. The van der Waals surface area contributed by atoms with Gasteiger partial charge < -0.3 is 15.4 Å². The molecule has 0 saturated heterocycles. The third-order valence-electron chi connectivity index (χ3n) is 3.89. The Morgan fingerprint density at radius 1 is 1.15 bits per heavy atom. The molecule has 1 aromatic carbocycles. The van der Waals surface area contributed by atoms with Gasteiger partial charge in [0, 0.05) is 32.9 Å². The van der Waals surface area contributed by atoms with Gasteiger partial charge in [-0.3, -0.25) is 4.99 Å². The van der Waals surface area contributed by atoms with E-state index in [0.29, 0.717) is 18.3 Å². The van der Waals surface area contributed by atoms with Crippen molar-refractivity contribution in [3.8, 4) is 0 Å². The third-order valence-corrected chi connectivity index (χ3v) is 4.11. The van der Waals surface area contributed by atoms with Crippen LogP contribution in [0.1, 0.15) is 30.0 Å². The van der Waals surface area contributed by atoms with E-state index in [-0.39, 0.29) is 24.0 Å². The van der Waals surface area contributed by atoms with E-state index in [1.54, 1.807) is 13.2 Å². The lowest BCUT2D eigenvalue weighted by Crippen LogP contribution is -2.38. The zero-order chi connectivity index (χ0) is 18.6. The molecule has 2 aromatic rings. The zero-order valence-electron chi connectivity index (χ0n) is 15.9. The van der Waals surface area contributed by atoms with E-state index in [9.17, 15) is 0 Å². The van der Waals surface area contributed by atoms with Crippen molar-refractivity contribution in [3.63, 3.8) is 0 Å². The molecule has 0 unspecified atom stereocenters. The summed E-state index contributed by atoms with van der Waals surface area (Å²) in [5.41, 5.74) is 3.56. The number of ether oxygens (including phenoxy) is 1. The summed E-state index contributed by atoms with van der Waals surface area (Å²) >= 11 is 5.81. The minimum Gasteiger partial charge on any atom is -0.377 e. The number of hydrogen-bond acceptors (Lipinski definition) is 3. The summed E-state index contributed by atoms with van der Waals surface area (Å²) in [6.07, 6.45) is 3.68. The molecule has 0 aliphatic rings. The van der Waals surface area contributed by atoms with E-state index in [1.165, 1.54) is 11.1 Å². The molecule has 0 radical (unpaired) electrons. The SMILES string of the molecule is CCCOCc1ccccc1CNC(=NC)NCCc1ccc(Cl)nc1.I. The van der Waals surface area contributed by atoms with Gasteiger partial charge in [0.2, 0.25) is 0 Å². The summed E-state index contributed by atoms with van der Waals surface area (Å²) < 4.78 is 5.68. The third kappa shape index (κ3) is 8.90. The predicted octanol–water partition coefficient (Wildman–Crippen LogP) is 4.19. The molecule has 0 atom stereocenters. The Bertz CT molecular complexity index is 695. The summed E-state index contributed by atoms with van der Waals surface area (Å²) in [5, 5.41) is 7.19. The first-order valence-electron chi connectivity index (χ1n) is 8.92. The Labute approximate surface area is 184 Å². The number of hydrogen-bond donors (Lipinski definition) is 2. The van der Waals surface area contributed by atoms with Crippen LogP contribution in [0.4, 0.5) is 0 Å². The molecule has 2 N–H and O–H groups in total. The molecule has 1 heterocycles. The largest absolute Gasteiger partial charge is 0.377 e. The highest BCUT2D eigenvalue weighted by molar-refractivity contribution is 14.0. The van der Waals surface area contributed by atoms with Crippen molar-refractivity contribution in [2.45, 2.75) is 32.9 Å².